The second kappa shape index (κ2) is 7.62. The number of benzene rings is 1. The summed E-state index contributed by atoms with van der Waals surface area (Å²) < 4.78 is 26.2. The van der Waals surface area contributed by atoms with E-state index in [0.717, 1.165) is 5.56 Å². The SMILES string of the molecule is CC(C)CS(=O)(=O)N(CCCN)Cc1ccccc1. The van der Waals surface area contributed by atoms with Gasteiger partial charge in [-0.3, -0.25) is 0 Å². The van der Waals surface area contributed by atoms with Crippen LogP contribution in [0.5, 0.6) is 0 Å². The van der Waals surface area contributed by atoms with Gasteiger partial charge in [-0.05, 0) is 24.4 Å². The molecule has 0 unspecified atom stereocenters. The molecule has 2 N–H and O–H groups in total. The molecule has 0 radical (unpaired) electrons. The third-order valence-electron chi connectivity index (χ3n) is 2.75. The van der Waals surface area contributed by atoms with Crippen LogP contribution < -0.4 is 5.73 Å². The number of hydrogen-bond acceptors (Lipinski definition) is 3. The van der Waals surface area contributed by atoms with Crippen molar-refractivity contribution in [2.45, 2.75) is 26.8 Å². The number of hydrogen-bond donors (Lipinski definition) is 1. The fraction of sp³-hybridized carbons (Fsp3) is 0.571. The van der Waals surface area contributed by atoms with E-state index in [1.54, 1.807) is 4.31 Å². The number of rotatable bonds is 8. The van der Waals surface area contributed by atoms with E-state index in [2.05, 4.69) is 0 Å². The Hall–Kier alpha value is -0.910. The maximum Gasteiger partial charge on any atom is 0.214 e. The first-order chi connectivity index (χ1) is 8.95. The van der Waals surface area contributed by atoms with Gasteiger partial charge in [-0.2, -0.15) is 4.31 Å². The molecule has 19 heavy (non-hydrogen) atoms. The molecule has 0 bridgehead atoms. The van der Waals surface area contributed by atoms with Gasteiger partial charge in [-0.15, -0.1) is 0 Å². The molecule has 0 heterocycles. The van der Waals surface area contributed by atoms with Gasteiger partial charge in [-0.25, -0.2) is 8.42 Å². The summed E-state index contributed by atoms with van der Waals surface area (Å²) in [6, 6.07) is 9.66. The molecule has 0 aliphatic carbocycles. The first kappa shape index (κ1) is 16.1. The lowest BCUT2D eigenvalue weighted by atomic mass is 10.2. The smallest absolute Gasteiger partial charge is 0.214 e. The molecule has 0 spiro atoms. The number of nitrogens with two attached hydrogens (primary N) is 1. The molecule has 0 amide bonds. The quantitative estimate of drug-likeness (QED) is 0.792. The van der Waals surface area contributed by atoms with E-state index < -0.39 is 10.0 Å². The van der Waals surface area contributed by atoms with E-state index in [1.165, 1.54) is 0 Å². The Bertz CT molecular complexity index is 458. The lowest BCUT2D eigenvalue weighted by Gasteiger charge is -2.23. The molecule has 0 aliphatic heterocycles. The predicted molar refractivity (Wildman–Crippen MR) is 79.1 cm³/mol. The molecule has 108 valence electrons. The first-order valence-electron chi connectivity index (χ1n) is 6.67. The highest BCUT2D eigenvalue weighted by molar-refractivity contribution is 7.89. The van der Waals surface area contributed by atoms with Gasteiger partial charge in [0, 0.05) is 13.1 Å². The van der Waals surface area contributed by atoms with Crippen LogP contribution >= 0.6 is 0 Å². The van der Waals surface area contributed by atoms with Crippen molar-refractivity contribution in [1.29, 1.82) is 0 Å². The van der Waals surface area contributed by atoms with E-state index >= 15 is 0 Å². The fourth-order valence-electron chi connectivity index (χ4n) is 1.90. The van der Waals surface area contributed by atoms with Crippen molar-refractivity contribution in [1.82, 2.24) is 4.31 Å². The van der Waals surface area contributed by atoms with Crippen LogP contribution in [0.25, 0.3) is 0 Å². The molecule has 0 aromatic heterocycles. The van der Waals surface area contributed by atoms with E-state index in [4.69, 9.17) is 5.73 Å². The Morgan fingerprint density at radius 1 is 1.21 bits per heavy atom. The van der Waals surface area contributed by atoms with E-state index in [9.17, 15) is 8.42 Å². The van der Waals surface area contributed by atoms with Crippen LogP contribution in [-0.4, -0.2) is 31.6 Å². The topological polar surface area (TPSA) is 63.4 Å². The zero-order valence-corrected chi connectivity index (χ0v) is 12.6. The van der Waals surface area contributed by atoms with Gasteiger partial charge in [0.2, 0.25) is 10.0 Å². The van der Waals surface area contributed by atoms with Gasteiger partial charge in [-0.1, -0.05) is 44.2 Å². The van der Waals surface area contributed by atoms with Crippen LogP contribution in [-0.2, 0) is 16.6 Å². The molecule has 1 aromatic rings. The summed E-state index contributed by atoms with van der Waals surface area (Å²) in [4.78, 5) is 0. The molecule has 0 atom stereocenters. The molecule has 0 fully saturated rings. The van der Waals surface area contributed by atoms with Gasteiger partial charge in [0.05, 0.1) is 5.75 Å². The largest absolute Gasteiger partial charge is 0.330 e. The van der Waals surface area contributed by atoms with E-state index in [0.29, 0.717) is 26.1 Å². The van der Waals surface area contributed by atoms with Gasteiger partial charge in [0.25, 0.3) is 0 Å². The Morgan fingerprint density at radius 3 is 2.37 bits per heavy atom. The van der Waals surface area contributed by atoms with Gasteiger partial charge in [0.15, 0.2) is 0 Å². The van der Waals surface area contributed by atoms with Crippen molar-refractivity contribution in [2.24, 2.45) is 11.7 Å². The van der Waals surface area contributed by atoms with Crippen LogP contribution in [0, 0.1) is 5.92 Å². The van der Waals surface area contributed by atoms with Crippen LogP contribution in [0.1, 0.15) is 25.8 Å². The summed E-state index contributed by atoms with van der Waals surface area (Å²) in [6.07, 6.45) is 0.685. The zero-order chi connectivity index (χ0) is 14.3. The van der Waals surface area contributed by atoms with Crippen LogP contribution in [0.2, 0.25) is 0 Å². The monoisotopic (exact) mass is 284 g/mol. The summed E-state index contributed by atoms with van der Waals surface area (Å²) >= 11 is 0. The lowest BCUT2D eigenvalue weighted by molar-refractivity contribution is 0.398. The summed E-state index contributed by atoms with van der Waals surface area (Å²) in [5.74, 6) is 0.311. The average Bonchev–Trinajstić information content (AvgIpc) is 2.34. The summed E-state index contributed by atoms with van der Waals surface area (Å²) in [7, 11) is -3.21. The lowest BCUT2D eigenvalue weighted by Crippen LogP contribution is -2.35. The summed E-state index contributed by atoms with van der Waals surface area (Å²) in [6.45, 7) is 5.25. The zero-order valence-electron chi connectivity index (χ0n) is 11.7. The minimum absolute atomic E-state index is 0.126. The van der Waals surface area contributed by atoms with E-state index in [-0.39, 0.29) is 11.7 Å². The van der Waals surface area contributed by atoms with Crippen LogP contribution in [0.3, 0.4) is 0 Å². The van der Waals surface area contributed by atoms with Gasteiger partial charge < -0.3 is 5.73 Å². The van der Waals surface area contributed by atoms with Crippen molar-refractivity contribution in [3.63, 3.8) is 0 Å². The number of sulfonamides is 1. The van der Waals surface area contributed by atoms with Crippen LogP contribution in [0.4, 0.5) is 0 Å². The molecule has 5 heteroatoms. The van der Waals surface area contributed by atoms with Crippen molar-refractivity contribution >= 4 is 10.0 Å². The normalized spacial score (nSPS) is 12.3. The predicted octanol–water partition coefficient (Wildman–Crippen LogP) is 1.82. The van der Waals surface area contributed by atoms with E-state index in [1.807, 2.05) is 44.2 Å². The second-order valence-electron chi connectivity index (χ2n) is 5.13. The minimum atomic E-state index is -3.21. The van der Waals surface area contributed by atoms with Gasteiger partial charge in [0.1, 0.15) is 0 Å². The average molecular weight is 284 g/mol. The molecular formula is C14H24N2O2S. The maximum atomic E-state index is 12.3. The molecule has 0 saturated heterocycles. The Labute approximate surface area is 116 Å². The third-order valence-corrected chi connectivity index (χ3v) is 4.94. The number of nitrogens with zero attached hydrogens (tertiary/aromatic N) is 1. The van der Waals surface area contributed by atoms with Crippen molar-refractivity contribution < 1.29 is 8.42 Å². The van der Waals surface area contributed by atoms with Crippen molar-refractivity contribution in [2.75, 3.05) is 18.8 Å². The van der Waals surface area contributed by atoms with Gasteiger partial charge >= 0.3 is 0 Å². The molecule has 1 rings (SSSR count). The molecular weight excluding hydrogens is 260 g/mol. The summed E-state index contributed by atoms with van der Waals surface area (Å²) in [5, 5.41) is 0. The summed E-state index contributed by atoms with van der Waals surface area (Å²) in [5.41, 5.74) is 6.50. The standard InChI is InChI=1S/C14H24N2O2S/c1-13(2)12-19(17,18)16(10-6-9-15)11-14-7-4-3-5-8-14/h3-5,7-8,13H,6,9-12,15H2,1-2H3. The molecule has 0 saturated carbocycles. The van der Waals surface area contributed by atoms with Crippen LogP contribution in [0.15, 0.2) is 30.3 Å². The highest BCUT2D eigenvalue weighted by Crippen LogP contribution is 2.13. The Kier molecular flexibility index (Phi) is 6.48. The first-order valence-corrected chi connectivity index (χ1v) is 8.28. The maximum absolute atomic E-state index is 12.3. The minimum Gasteiger partial charge on any atom is -0.330 e. The molecule has 0 aliphatic rings. The third kappa shape index (κ3) is 5.72. The Balaban J connectivity index is 2.82. The highest BCUT2D eigenvalue weighted by Gasteiger charge is 2.22. The Morgan fingerprint density at radius 2 is 1.84 bits per heavy atom. The van der Waals surface area contributed by atoms with Crippen molar-refractivity contribution in [3.05, 3.63) is 35.9 Å². The highest BCUT2D eigenvalue weighted by atomic mass is 32.2. The van der Waals surface area contributed by atoms with Crippen molar-refractivity contribution in [3.8, 4) is 0 Å². The molecule has 1 aromatic carbocycles. The molecule has 4 nitrogen and oxygen atoms in total. The second-order valence-corrected chi connectivity index (χ2v) is 7.15. The fourth-order valence-corrected chi connectivity index (χ4v) is 3.70.